The first-order chi connectivity index (χ1) is 10.6. The number of carbonyl (C=O) groups excluding carboxylic acids is 4. The van der Waals surface area contributed by atoms with Crippen molar-refractivity contribution in [1.29, 1.82) is 0 Å². The monoisotopic (exact) mass is 332 g/mol. The van der Waals surface area contributed by atoms with E-state index in [1.54, 1.807) is 6.92 Å². The lowest BCUT2D eigenvalue weighted by Crippen LogP contribution is -2.61. The molecule has 9 heteroatoms. The van der Waals surface area contributed by atoms with Crippen LogP contribution in [0.3, 0.4) is 0 Å². The zero-order valence-corrected chi connectivity index (χ0v) is 13.6. The van der Waals surface area contributed by atoms with Crippen LogP contribution in [0.25, 0.3) is 0 Å². The van der Waals surface area contributed by atoms with Crippen LogP contribution in [0.15, 0.2) is 0 Å². The Hall–Kier alpha value is -2.16. The Morgan fingerprint density at radius 1 is 0.652 bits per heavy atom. The SMILES string of the molecule is CC(=O)O[C@H]1O[C@@H](C)[C@@H](OC(C)=O)[C@@H](OC(C)=O)[C@@H]1OC(C)=O. The lowest BCUT2D eigenvalue weighted by atomic mass is 9.99. The highest BCUT2D eigenvalue weighted by Gasteiger charge is 2.51. The van der Waals surface area contributed by atoms with Crippen molar-refractivity contribution in [3.8, 4) is 0 Å². The van der Waals surface area contributed by atoms with E-state index in [1.807, 2.05) is 0 Å². The third kappa shape index (κ3) is 5.51. The topological polar surface area (TPSA) is 114 Å². The zero-order chi connectivity index (χ0) is 17.7. The third-order valence-corrected chi connectivity index (χ3v) is 2.92. The van der Waals surface area contributed by atoms with Gasteiger partial charge in [0.2, 0.25) is 12.4 Å². The molecule has 0 unspecified atom stereocenters. The van der Waals surface area contributed by atoms with Crippen LogP contribution in [-0.4, -0.2) is 54.6 Å². The van der Waals surface area contributed by atoms with Gasteiger partial charge in [0.1, 0.15) is 0 Å². The van der Waals surface area contributed by atoms with Gasteiger partial charge in [-0.05, 0) is 6.92 Å². The third-order valence-electron chi connectivity index (χ3n) is 2.92. The minimum absolute atomic E-state index is 0.630. The Kier molecular flexibility index (Phi) is 6.49. The molecule has 1 aliphatic heterocycles. The average Bonchev–Trinajstić information content (AvgIpc) is 2.36. The maximum atomic E-state index is 11.4. The molecule has 0 N–H and O–H groups in total. The van der Waals surface area contributed by atoms with Crippen molar-refractivity contribution < 1.29 is 42.9 Å². The van der Waals surface area contributed by atoms with Gasteiger partial charge in [0.15, 0.2) is 12.2 Å². The van der Waals surface area contributed by atoms with Gasteiger partial charge in [0, 0.05) is 27.7 Å². The van der Waals surface area contributed by atoms with Gasteiger partial charge in [-0.3, -0.25) is 19.2 Å². The molecular weight excluding hydrogens is 312 g/mol. The van der Waals surface area contributed by atoms with E-state index in [0.29, 0.717) is 0 Å². The number of hydrogen-bond donors (Lipinski definition) is 0. The second-order valence-corrected chi connectivity index (χ2v) is 5.04. The molecule has 5 atom stereocenters. The molecule has 0 radical (unpaired) electrons. The second-order valence-electron chi connectivity index (χ2n) is 5.04. The Labute approximate surface area is 133 Å². The summed E-state index contributed by atoms with van der Waals surface area (Å²) in [6.45, 7) is 6.16. The largest absolute Gasteiger partial charge is 0.456 e. The molecule has 1 aliphatic rings. The minimum atomic E-state index is -1.29. The summed E-state index contributed by atoms with van der Waals surface area (Å²) >= 11 is 0. The van der Waals surface area contributed by atoms with Gasteiger partial charge < -0.3 is 23.7 Å². The van der Waals surface area contributed by atoms with Crippen molar-refractivity contribution in [2.45, 2.75) is 65.3 Å². The fourth-order valence-electron chi connectivity index (χ4n) is 2.23. The molecule has 0 spiro atoms. The molecule has 0 aromatic heterocycles. The van der Waals surface area contributed by atoms with Crippen LogP contribution in [0.2, 0.25) is 0 Å². The van der Waals surface area contributed by atoms with E-state index in [2.05, 4.69) is 0 Å². The van der Waals surface area contributed by atoms with E-state index in [-0.39, 0.29) is 0 Å². The molecule has 0 aromatic rings. The van der Waals surface area contributed by atoms with Crippen molar-refractivity contribution in [2.24, 2.45) is 0 Å². The van der Waals surface area contributed by atoms with Gasteiger partial charge in [-0.15, -0.1) is 0 Å². The number of carbonyl (C=O) groups is 4. The summed E-state index contributed by atoms with van der Waals surface area (Å²) in [6, 6.07) is 0. The summed E-state index contributed by atoms with van der Waals surface area (Å²) < 4.78 is 25.7. The maximum absolute atomic E-state index is 11.4. The summed E-state index contributed by atoms with van der Waals surface area (Å²) in [5.74, 6) is -2.69. The smallest absolute Gasteiger partial charge is 0.305 e. The Bertz CT molecular complexity index is 487. The van der Waals surface area contributed by atoms with Crippen molar-refractivity contribution in [3.63, 3.8) is 0 Å². The number of hydrogen-bond acceptors (Lipinski definition) is 9. The highest BCUT2D eigenvalue weighted by atomic mass is 16.7. The molecule has 9 nitrogen and oxygen atoms in total. The van der Waals surface area contributed by atoms with Crippen LogP contribution in [0.4, 0.5) is 0 Å². The Morgan fingerprint density at radius 3 is 1.48 bits per heavy atom. The second kappa shape index (κ2) is 7.91. The molecule has 1 heterocycles. The van der Waals surface area contributed by atoms with Gasteiger partial charge in [-0.25, -0.2) is 0 Å². The number of esters is 4. The fraction of sp³-hybridized carbons (Fsp3) is 0.714. The fourth-order valence-corrected chi connectivity index (χ4v) is 2.23. The average molecular weight is 332 g/mol. The zero-order valence-electron chi connectivity index (χ0n) is 13.6. The molecule has 1 rings (SSSR count). The Balaban J connectivity index is 3.15. The minimum Gasteiger partial charge on any atom is -0.456 e. The first kappa shape index (κ1) is 18.9. The summed E-state index contributed by atoms with van der Waals surface area (Å²) in [7, 11) is 0. The molecular formula is C14H20O9. The molecule has 0 saturated carbocycles. The normalized spacial score (nSPS) is 30.0. The van der Waals surface area contributed by atoms with E-state index in [0.717, 1.165) is 20.8 Å². The van der Waals surface area contributed by atoms with Crippen LogP contribution in [0.5, 0.6) is 0 Å². The van der Waals surface area contributed by atoms with Crippen molar-refractivity contribution >= 4 is 23.9 Å². The van der Waals surface area contributed by atoms with Crippen LogP contribution < -0.4 is 0 Å². The predicted molar refractivity (Wildman–Crippen MR) is 72.8 cm³/mol. The van der Waals surface area contributed by atoms with E-state index in [1.165, 1.54) is 6.92 Å². The van der Waals surface area contributed by atoms with Crippen molar-refractivity contribution in [3.05, 3.63) is 0 Å². The van der Waals surface area contributed by atoms with E-state index < -0.39 is 54.6 Å². The summed E-state index contributed by atoms with van der Waals surface area (Å²) in [5.41, 5.74) is 0. The highest BCUT2D eigenvalue weighted by molar-refractivity contribution is 5.69. The first-order valence-electron chi connectivity index (χ1n) is 6.96. The van der Waals surface area contributed by atoms with Crippen molar-refractivity contribution in [1.82, 2.24) is 0 Å². The van der Waals surface area contributed by atoms with E-state index >= 15 is 0 Å². The maximum Gasteiger partial charge on any atom is 0.305 e. The molecule has 23 heavy (non-hydrogen) atoms. The summed E-state index contributed by atoms with van der Waals surface area (Å²) in [4.78, 5) is 45.1. The lowest BCUT2D eigenvalue weighted by molar-refractivity contribution is -0.292. The molecule has 1 saturated heterocycles. The molecule has 0 aromatic carbocycles. The molecule has 0 amide bonds. The highest BCUT2D eigenvalue weighted by Crippen LogP contribution is 2.29. The van der Waals surface area contributed by atoms with Crippen LogP contribution in [0.1, 0.15) is 34.6 Å². The molecule has 1 fully saturated rings. The Morgan fingerprint density at radius 2 is 1.04 bits per heavy atom. The number of rotatable bonds is 4. The standard InChI is InChI=1S/C14H20O9/c1-6-11(20-7(2)15)12(21-8(3)16)13(22-9(4)17)14(19-6)23-10(5)18/h6,11-14H,1-5H3/t6-,11+,12+,13-,14+/m0/s1. The van der Waals surface area contributed by atoms with E-state index in [9.17, 15) is 19.2 Å². The van der Waals surface area contributed by atoms with Crippen LogP contribution >= 0.6 is 0 Å². The van der Waals surface area contributed by atoms with Crippen LogP contribution in [-0.2, 0) is 42.9 Å². The van der Waals surface area contributed by atoms with Gasteiger partial charge in [-0.1, -0.05) is 0 Å². The van der Waals surface area contributed by atoms with Gasteiger partial charge in [0.05, 0.1) is 6.10 Å². The molecule has 130 valence electrons. The van der Waals surface area contributed by atoms with E-state index in [4.69, 9.17) is 23.7 Å². The predicted octanol–water partition coefficient (Wildman–Crippen LogP) is 0.0894. The first-order valence-corrected chi connectivity index (χ1v) is 6.96. The summed E-state index contributed by atoms with van der Waals surface area (Å²) in [6.07, 6.45) is -5.51. The molecule has 0 aliphatic carbocycles. The lowest BCUT2D eigenvalue weighted by Gasteiger charge is -2.42. The van der Waals surface area contributed by atoms with Gasteiger partial charge in [-0.2, -0.15) is 0 Å². The van der Waals surface area contributed by atoms with Gasteiger partial charge in [0.25, 0.3) is 0 Å². The van der Waals surface area contributed by atoms with Crippen molar-refractivity contribution in [2.75, 3.05) is 0 Å². The molecule has 0 bridgehead atoms. The summed E-state index contributed by atoms with van der Waals surface area (Å²) in [5, 5.41) is 0. The van der Waals surface area contributed by atoms with Gasteiger partial charge >= 0.3 is 23.9 Å². The quantitative estimate of drug-likeness (QED) is 0.521. The van der Waals surface area contributed by atoms with Crippen LogP contribution in [0, 0.1) is 0 Å². The number of ether oxygens (including phenoxy) is 5.